The van der Waals surface area contributed by atoms with E-state index in [1.54, 1.807) is 7.05 Å². The molecule has 6 nitrogen and oxygen atoms in total. The molecule has 0 unspecified atom stereocenters. The van der Waals surface area contributed by atoms with Crippen LogP contribution in [0.2, 0.25) is 0 Å². The lowest BCUT2D eigenvalue weighted by molar-refractivity contribution is -0.128. The summed E-state index contributed by atoms with van der Waals surface area (Å²) < 4.78 is 0. The molecule has 1 aromatic carbocycles. The fourth-order valence-corrected chi connectivity index (χ4v) is 2.97. The van der Waals surface area contributed by atoms with Gasteiger partial charge in [0.15, 0.2) is 0 Å². The number of pyridine rings is 1. The van der Waals surface area contributed by atoms with Gasteiger partial charge in [0.2, 0.25) is 11.8 Å². The Morgan fingerprint density at radius 1 is 1.14 bits per heavy atom. The first-order chi connectivity index (χ1) is 13.4. The first kappa shape index (κ1) is 21.4. The summed E-state index contributed by atoms with van der Waals surface area (Å²) in [7, 11) is 5.54. The molecule has 1 heterocycles. The summed E-state index contributed by atoms with van der Waals surface area (Å²) in [5.41, 5.74) is 3.93. The number of carbonyl (C=O) groups is 2. The zero-order chi connectivity index (χ0) is 20.5. The lowest BCUT2D eigenvalue weighted by Gasteiger charge is -2.17. The van der Waals surface area contributed by atoms with Gasteiger partial charge in [-0.3, -0.25) is 14.6 Å². The minimum absolute atomic E-state index is 0.151. The Morgan fingerprint density at radius 3 is 2.61 bits per heavy atom. The molecule has 2 aromatic rings. The van der Waals surface area contributed by atoms with E-state index in [-0.39, 0.29) is 18.2 Å². The molecular formula is C22H30N4O2. The molecule has 0 bridgehead atoms. The number of unbranched alkanes of at least 4 members (excludes halogenated alkanes) is 1. The molecule has 0 aliphatic heterocycles. The maximum absolute atomic E-state index is 12.5. The lowest BCUT2D eigenvalue weighted by atomic mass is 10.0. The Balaban J connectivity index is 2.10. The van der Waals surface area contributed by atoms with E-state index in [9.17, 15) is 9.59 Å². The monoisotopic (exact) mass is 382 g/mol. The van der Waals surface area contributed by atoms with E-state index in [4.69, 9.17) is 0 Å². The molecule has 2 rings (SSSR count). The van der Waals surface area contributed by atoms with Crippen molar-refractivity contribution in [2.75, 3.05) is 26.0 Å². The zero-order valence-corrected chi connectivity index (χ0v) is 17.2. The Bertz CT molecular complexity index is 805. The van der Waals surface area contributed by atoms with Crippen molar-refractivity contribution in [1.29, 1.82) is 0 Å². The average molecular weight is 383 g/mol. The smallest absolute Gasteiger partial charge is 0.242 e. The molecule has 1 atom stereocenters. The van der Waals surface area contributed by atoms with Gasteiger partial charge in [0, 0.05) is 32.9 Å². The highest BCUT2D eigenvalue weighted by Gasteiger charge is 2.19. The van der Waals surface area contributed by atoms with E-state index in [2.05, 4.69) is 28.6 Å². The van der Waals surface area contributed by atoms with Gasteiger partial charge in [0.05, 0.1) is 18.3 Å². The number of nitrogens with one attached hydrogen (secondary N) is 2. The van der Waals surface area contributed by atoms with Crippen LogP contribution < -0.4 is 15.5 Å². The third-order valence-electron chi connectivity index (χ3n) is 4.61. The maximum Gasteiger partial charge on any atom is 0.242 e. The SMILES string of the molecule is CCCC[C@H](NC(=O)Cc1cccc(-c2cncc(N(C)C)c2)c1)C(=O)NC. The number of nitrogens with zero attached hydrogens (tertiary/aromatic N) is 2. The highest BCUT2D eigenvalue weighted by Crippen LogP contribution is 2.23. The van der Waals surface area contributed by atoms with Crippen molar-refractivity contribution in [1.82, 2.24) is 15.6 Å². The highest BCUT2D eigenvalue weighted by molar-refractivity contribution is 5.88. The van der Waals surface area contributed by atoms with Crippen LogP contribution in [0.1, 0.15) is 31.7 Å². The van der Waals surface area contributed by atoms with Gasteiger partial charge in [-0.1, -0.05) is 44.0 Å². The molecule has 0 fully saturated rings. The molecule has 0 saturated heterocycles. The molecular weight excluding hydrogens is 352 g/mol. The number of anilines is 1. The summed E-state index contributed by atoms with van der Waals surface area (Å²) >= 11 is 0. The summed E-state index contributed by atoms with van der Waals surface area (Å²) in [6.07, 6.45) is 6.38. The number of rotatable bonds is 9. The second-order valence-corrected chi connectivity index (χ2v) is 7.08. The normalized spacial score (nSPS) is 11.6. The van der Waals surface area contributed by atoms with Crippen molar-refractivity contribution in [3.63, 3.8) is 0 Å². The quantitative estimate of drug-likeness (QED) is 0.699. The van der Waals surface area contributed by atoms with E-state index in [0.29, 0.717) is 6.42 Å². The van der Waals surface area contributed by atoms with Crippen LogP contribution in [0.15, 0.2) is 42.7 Å². The predicted molar refractivity (Wildman–Crippen MR) is 113 cm³/mol. The van der Waals surface area contributed by atoms with Gasteiger partial charge in [0.25, 0.3) is 0 Å². The van der Waals surface area contributed by atoms with Crippen LogP contribution in [0.3, 0.4) is 0 Å². The summed E-state index contributed by atoms with van der Waals surface area (Å²) in [5.74, 6) is -0.302. The molecule has 1 aromatic heterocycles. The number of benzene rings is 1. The fourth-order valence-electron chi connectivity index (χ4n) is 2.97. The molecule has 0 aliphatic carbocycles. The molecule has 0 radical (unpaired) electrons. The number of hydrogen-bond acceptors (Lipinski definition) is 4. The highest BCUT2D eigenvalue weighted by atomic mass is 16.2. The maximum atomic E-state index is 12.5. The molecule has 150 valence electrons. The van der Waals surface area contributed by atoms with Gasteiger partial charge in [0.1, 0.15) is 6.04 Å². The van der Waals surface area contributed by atoms with Crippen molar-refractivity contribution < 1.29 is 9.59 Å². The molecule has 2 amide bonds. The minimum Gasteiger partial charge on any atom is -0.376 e. The van der Waals surface area contributed by atoms with Crippen molar-refractivity contribution in [2.24, 2.45) is 0 Å². The van der Waals surface area contributed by atoms with E-state index < -0.39 is 6.04 Å². The topological polar surface area (TPSA) is 74.3 Å². The zero-order valence-electron chi connectivity index (χ0n) is 17.2. The van der Waals surface area contributed by atoms with Crippen molar-refractivity contribution >= 4 is 17.5 Å². The first-order valence-electron chi connectivity index (χ1n) is 9.67. The van der Waals surface area contributed by atoms with E-state index in [0.717, 1.165) is 35.2 Å². The second-order valence-electron chi connectivity index (χ2n) is 7.08. The van der Waals surface area contributed by atoms with Crippen LogP contribution in [0.4, 0.5) is 5.69 Å². The molecule has 2 N–H and O–H groups in total. The van der Waals surface area contributed by atoms with Crippen LogP contribution in [0.5, 0.6) is 0 Å². The first-order valence-corrected chi connectivity index (χ1v) is 9.67. The van der Waals surface area contributed by atoms with E-state index >= 15 is 0 Å². The number of likely N-dealkylation sites (N-methyl/N-ethyl adjacent to an activating group) is 1. The summed E-state index contributed by atoms with van der Waals surface area (Å²) in [6, 6.07) is 9.45. The molecule has 28 heavy (non-hydrogen) atoms. The summed E-state index contributed by atoms with van der Waals surface area (Å²) in [6.45, 7) is 2.06. The summed E-state index contributed by atoms with van der Waals surface area (Å²) in [5, 5.41) is 5.49. The Morgan fingerprint density at radius 2 is 1.93 bits per heavy atom. The van der Waals surface area contributed by atoms with Crippen LogP contribution >= 0.6 is 0 Å². The largest absolute Gasteiger partial charge is 0.376 e. The summed E-state index contributed by atoms with van der Waals surface area (Å²) in [4.78, 5) is 30.8. The Labute approximate surface area is 167 Å². The van der Waals surface area contributed by atoms with Crippen molar-refractivity contribution in [3.8, 4) is 11.1 Å². The molecule has 6 heteroatoms. The molecule has 0 saturated carbocycles. The fraction of sp³-hybridized carbons (Fsp3) is 0.409. The molecule has 0 spiro atoms. The second kappa shape index (κ2) is 10.4. The van der Waals surface area contributed by atoms with E-state index in [1.807, 2.05) is 55.7 Å². The lowest BCUT2D eigenvalue weighted by Crippen LogP contribution is -2.46. The third-order valence-corrected chi connectivity index (χ3v) is 4.61. The number of hydrogen-bond donors (Lipinski definition) is 2. The third kappa shape index (κ3) is 6.08. The minimum atomic E-state index is -0.485. The van der Waals surface area contributed by atoms with Gasteiger partial charge in [-0.15, -0.1) is 0 Å². The van der Waals surface area contributed by atoms with E-state index in [1.165, 1.54) is 0 Å². The average Bonchev–Trinajstić information content (AvgIpc) is 2.70. The standard InChI is InChI=1S/C22H30N4O2/c1-5-6-10-20(22(28)23-2)25-21(27)12-16-8-7-9-17(11-16)18-13-19(26(3)4)15-24-14-18/h7-9,11,13-15,20H,5-6,10,12H2,1-4H3,(H,23,28)(H,25,27)/t20-/m0/s1. The van der Waals surface area contributed by atoms with Gasteiger partial charge < -0.3 is 15.5 Å². The van der Waals surface area contributed by atoms with Gasteiger partial charge in [-0.05, 0) is 23.6 Å². The van der Waals surface area contributed by atoms with Crippen molar-refractivity contribution in [3.05, 3.63) is 48.3 Å². The van der Waals surface area contributed by atoms with Gasteiger partial charge in [-0.25, -0.2) is 0 Å². The van der Waals surface area contributed by atoms with Crippen LogP contribution in [0.25, 0.3) is 11.1 Å². The number of aromatic nitrogens is 1. The Kier molecular flexibility index (Phi) is 7.99. The number of amides is 2. The van der Waals surface area contributed by atoms with Crippen molar-refractivity contribution in [2.45, 2.75) is 38.6 Å². The van der Waals surface area contributed by atoms with Crippen LogP contribution in [-0.4, -0.2) is 44.0 Å². The predicted octanol–water partition coefficient (Wildman–Crippen LogP) is 2.78. The molecule has 0 aliphatic rings. The van der Waals surface area contributed by atoms with Gasteiger partial charge in [-0.2, -0.15) is 0 Å². The van der Waals surface area contributed by atoms with Crippen LogP contribution in [-0.2, 0) is 16.0 Å². The number of carbonyl (C=O) groups excluding carboxylic acids is 2. The van der Waals surface area contributed by atoms with Gasteiger partial charge >= 0.3 is 0 Å². The van der Waals surface area contributed by atoms with Crippen LogP contribution in [0, 0.1) is 0 Å². The Hall–Kier alpha value is -2.89.